The smallest absolute Gasteiger partial charge is 0.267 e. The summed E-state index contributed by atoms with van der Waals surface area (Å²) < 4.78 is 7.05. The van der Waals surface area contributed by atoms with Crippen LogP contribution in [0.25, 0.3) is 10.9 Å². The molecule has 1 aliphatic carbocycles. The second-order valence-electron chi connectivity index (χ2n) is 6.09. The maximum Gasteiger partial charge on any atom is 0.267 e. The molecule has 1 amide bonds. The van der Waals surface area contributed by atoms with Gasteiger partial charge in [0.15, 0.2) is 5.82 Å². The number of rotatable bonds is 5. The molecule has 0 saturated heterocycles. The van der Waals surface area contributed by atoms with Crippen molar-refractivity contribution < 1.29 is 9.32 Å². The summed E-state index contributed by atoms with van der Waals surface area (Å²) >= 11 is 6.19. The first-order valence-electron chi connectivity index (χ1n) is 7.98. The van der Waals surface area contributed by atoms with Crippen molar-refractivity contribution in [3.05, 3.63) is 46.7 Å². The number of hydrogen-bond acceptors (Lipinski definition) is 4. The highest BCUT2D eigenvalue weighted by atomic mass is 35.5. The summed E-state index contributed by atoms with van der Waals surface area (Å²) in [4.78, 5) is 16.8. The number of aromatic nitrogens is 3. The quantitative estimate of drug-likeness (QED) is 0.772. The first kappa shape index (κ1) is 15.2. The molecule has 6 nitrogen and oxygen atoms in total. The van der Waals surface area contributed by atoms with Crippen LogP contribution in [0.3, 0.4) is 0 Å². The van der Waals surface area contributed by atoms with Crippen LogP contribution < -0.4 is 5.32 Å². The standard InChI is InChI=1S/C17H17ClN4O2/c1-22-13-4-2-3-12(18)11(13)9-14(22)17(23)19-8-7-15-20-16(21-24-15)10-5-6-10/h2-4,9-10H,5-8H2,1H3,(H,19,23). The van der Waals surface area contributed by atoms with Crippen molar-refractivity contribution in [2.75, 3.05) is 6.54 Å². The number of carbonyl (C=O) groups is 1. The van der Waals surface area contributed by atoms with Gasteiger partial charge < -0.3 is 14.4 Å². The van der Waals surface area contributed by atoms with Gasteiger partial charge in [-0.1, -0.05) is 22.8 Å². The molecule has 2 heterocycles. The molecule has 0 bridgehead atoms. The zero-order valence-corrected chi connectivity index (χ0v) is 14.0. The van der Waals surface area contributed by atoms with Crippen molar-refractivity contribution in [3.63, 3.8) is 0 Å². The van der Waals surface area contributed by atoms with Crippen molar-refractivity contribution in [1.82, 2.24) is 20.0 Å². The van der Waals surface area contributed by atoms with E-state index in [9.17, 15) is 4.79 Å². The second kappa shape index (κ2) is 5.94. The number of nitrogens with zero attached hydrogens (tertiary/aromatic N) is 3. The third kappa shape index (κ3) is 2.78. The van der Waals surface area contributed by atoms with Crippen LogP contribution in [0.1, 0.15) is 41.0 Å². The number of fused-ring (bicyclic) bond motifs is 1. The molecule has 4 rings (SSSR count). The Morgan fingerprint density at radius 2 is 2.29 bits per heavy atom. The topological polar surface area (TPSA) is 73.0 Å². The van der Waals surface area contributed by atoms with Gasteiger partial charge in [-0.3, -0.25) is 4.79 Å². The molecule has 124 valence electrons. The molecule has 0 atom stereocenters. The summed E-state index contributed by atoms with van der Waals surface area (Å²) in [5, 5.41) is 8.37. The summed E-state index contributed by atoms with van der Waals surface area (Å²) in [6.45, 7) is 0.445. The molecule has 3 aromatic rings. The van der Waals surface area contributed by atoms with Gasteiger partial charge in [0.25, 0.3) is 5.91 Å². The summed E-state index contributed by atoms with van der Waals surface area (Å²) in [5.74, 6) is 1.68. The molecular weight excluding hydrogens is 328 g/mol. The Bertz CT molecular complexity index is 911. The molecule has 2 aromatic heterocycles. The second-order valence-corrected chi connectivity index (χ2v) is 6.49. The molecule has 1 saturated carbocycles. The number of carbonyl (C=O) groups excluding carboxylic acids is 1. The van der Waals surface area contributed by atoms with Crippen molar-refractivity contribution in [1.29, 1.82) is 0 Å². The molecular formula is C17H17ClN4O2. The summed E-state index contributed by atoms with van der Waals surface area (Å²) in [7, 11) is 1.85. The molecule has 1 aromatic carbocycles. The Labute approximate surface area is 143 Å². The molecule has 0 radical (unpaired) electrons. The van der Waals surface area contributed by atoms with Crippen LogP contribution in [0.5, 0.6) is 0 Å². The Balaban J connectivity index is 1.42. The van der Waals surface area contributed by atoms with Gasteiger partial charge in [-0.05, 0) is 31.0 Å². The lowest BCUT2D eigenvalue weighted by Crippen LogP contribution is -2.27. The zero-order chi connectivity index (χ0) is 16.7. The fraction of sp³-hybridized carbons (Fsp3) is 0.353. The number of hydrogen-bond donors (Lipinski definition) is 1. The Hall–Kier alpha value is -2.34. The highest BCUT2D eigenvalue weighted by molar-refractivity contribution is 6.35. The highest BCUT2D eigenvalue weighted by Crippen LogP contribution is 2.38. The van der Waals surface area contributed by atoms with E-state index in [1.54, 1.807) is 0 Å². The first-order valence-corrected chi connectivity index (χ1v) is 8.36. The van der Waals surface area contributed by atoms with Crippen LogP contribution in [-0.2, 0) is 13.5 Å². The third-order valence-electron chi connectivity index (χ3n) is 4.32. The monoisotopic (exact) mass is 344 g/mol. The maximum atomic E-state index is 12.4. The van der Waals surface area contributed by atoms with E-state index in [2.05, 4.69) is 15.5 Å². The average Bonchev–Trinajstić information content (AvgIpc) is 3.22. The predicted molar refractivity (Wildman–Crippen MR) is 90.2 cm³/mol. The minimum atomic E-state index is -0.147. The van der Waals surface area contributed by atoms with Crippen molar-refractivity contribution in [2.24, 2.45) is 7.05 Å². The molecule has 1 N–H and O–H groups in total. The van der Waals surface area contributed by atoms with E-state index in [4.69, 9.17) is 16.1 Å². The van der Waals surface area contributed by atoms with E-state index in [1.165, 1.54) is 0 Å². The van der Waals surface area contributed by atoms with E-state index in [0.717, 1.165) is 29.6 Å². The van der Waals surface area contributed by atoms with Gasteiger partial charge in [0.2, 0.25) is 5.89 Å². The number of halogens is 1. The molecule has 0 aliphatic heterocycles. The predicted octanol–water partition coefficient (Wildman–Crippen LogP) is 3.06. The van der Waals surface area contributed by atoms with Gasteiger partial charge in [-0.25, -0.2) is 0 Å². The maximum absolute atomic E-state index is 12.4. The Morgan fingerprint density at radius 3 is 3.04 bits per heavy atom. The SMILES string of the molecule is Cn1c(C(=O)NCCc2nc(C3CC3)no2)cc2c(Cl)cccc21. The lowest BCUT2D eigenvalue weighted by atomic mass is 10.2. The van der Waals surface area contributed by atoms with Crippen LogP contribution in [0.15, 0.2) is 28.8 Å². The number of aryl methyl sites for hydroxylation is 1. The van der Waals surface area contributed by atoms with E-state index in [-0.39, 0.29) is 5.91 Å². The fourth-order valence-electron chi connectivity index (χ4n) is 2.79. The Morgan fingerprint density at radius 1 is 1.46 bits per heavy atom. The van der Waals surface area contributed by atoms with E-state index in [1.807, 2.05) is 35.9 Å². The van der Waals surface area contributed by atoms with Crippen LogP contribution in [0.4, 0.5) is 0 Å². The minimum Gasteiger partial charge on any atom is -0.350 e. The summed E-state index contributed by atoms with van der Waals surface area (Å²) in [6, 6.07) is 7.44. The van der Waals surface area contributed by atoms with Gasteiger partial charge in [-0.2, -0.15) is 4.98 Å². The largest absolute Gasteiger partial charge is 0.350 e. The Kier molecular flexibility index (Phi) is 3.76. The van der Waals surface area contributed by atoms with Gasteiger partial charge in [0, 0.05) is 41.9 Å². The summed E-state index contributed by atoms with van der Waals surface area (Å²) in [6.07, 6.45) is 2.80. The number of amides is 1. The van der Waals surface area contributed by atoms with Crippen molar-refractivity contribution >= 4 is 28.4 Å². The van der Waals surface area contributed by atoms with Crippen LogP contribution in [0.2, 0.25) is 5.02 Å². The minimum absolute atomic E-state index is 0.147. The first-order chi connectivity index (χ1) is 11.6. The molecule has 24 heavy (non-hydrogen) atoms. The van der Waals surface area contributed by atoms with Gasteiger partial charge in [0.05, 0.1) is 0 Å². The third-order valence-corrected chi connectivity index (χ3v) is 4.65. The van der Waals surface area contributed by atoms with Crippen LogP contribution >= 0.6 is 11.6 Å². The summed E-state index contributed by atoms with van der Waals surface area (Å²) in [5.41, 5.74) is 1.50. The fourth-order valence-corrected chi connectivity index (χ4v) is 3.02. The zero-order valence-electron chi connectivity index (χ0n) is 13.3. The molecule has 0 spiro atoms. The lowest BCUT2D eigenvalue weighted by Gasteiger charge is -2.05. The van der Waals surface area contributed by atoms with E-state index in [0.29, 0.717) is 35.5 Å². The van der Waals surface area contributed by atoms with Gasteiger partial charge >= 0.3 is 0 Å². The number of nitrogens with one attached hydrogen (secondary N) is 1. The van der Waals surface area contributed by atoms with Crippen LogP contribution in [-0.4, -0.2) is 27.2 Å². The van der Waals surface area contributed by atoms with Crippen molar-refractivity contribution in [3.8, 4) is 0 Å². The van der Waals surface area contributed by atoms with E-state index >= 15 is 0 Å². The van der Waals surface area contributed by atoms with E-state index < -0.39 is 0 Å². The normalized spacial score (nSPS) is 14.2. The van der Waals surface area contributed by atoms with Crippen molar-refractivity contribution in [2.45, 2.75) is 25.2 Å². The lowest BCUT2D eigenvalue weighted by molar-refractivity contribution is 0.0945. The molecule has 7 heteroatoms. The van der Waals surface area contributed by atoms with Crippen LogP contribution in [0, 0.1) is 0 Å². The van der Waals surface area contributed by atoms with Gasteiger partial charge in [-0.15, -0.1) is 0 Å². The highest BCUT2D eigenvalue weighted by Gasteiger charge is 2.28. The number of benzene rings is 1. The molecule has 1 aliphatic rings. The average molecular weight is 345 g/mol. The molecule has 1 fully saturated rings. The molecule has 0 unspecified atom stereocenters. The van der Waals surface area contributed by atoms with Gasteiger partial charge in [0.1, 0.15) is 5.69 Å².